The number of cyclic esters (lactones) is 1. The molecule has 11 heteroatoms. The summed E-state index contributed by atoms with van der Waals surface area (Å²) >= 11 is 0. The first-order valence-corrected chi connectivity index (χ1v) is 19.6. The molecule has 11 nitrogen and oxygen atoms in total. The zero-order valence-electron chi connectivity index (χ0n) is 33.8. The maximum Gasteiger partial charge on any atom is 0.309 e. The largest absolute Gasteiger partial charge is 0.457 e. The molecule has 11 unspecified atom stereocenters. The Morgan fingerprint density at radius 2 is 1.85 bits per heavy atom. The highest BCUT2D eigenvalue weighted by Crippen LogP contribution is 2.41. The second kappa shape index (κ2) is 19.6. The Hall–Kier alpha value is -3.42. The standard InChI is InChI=1S/C44H63NO10/c1-9-36(52-8)30(4)40-41(55-40)42(45(23-24-46)27-32-17-18-33-14-10-11-15-34(33)25-32)44(7,51)21-12-13-28(2)39-29(3)16-19-37(53-31(5)47)43(6,50)22-20-35(48)26-38(49)54-39/h10-19,21,25,29-30,35-37,39-42,46,48,50-51H,9,20,22-24,26-27H2,1-8H3. The molecule has 11 atom stereocenters. The predicted molar refractivity (Wildman–Crippen MR) is 212 cm³/mol. The number of hydrogen-bond acceptors (Lipinski definition) is 11. The van der Waals surface area contributed by atoms with Gasteiger partial charge in [-0.3, -0.25) is 14.5 Å². The molecule has 1 fully saturated rings. The Labute approximate surface area is 326 Å². The molecule has 4 N–H and O–H groups in total. The van der Waals surface area contributed by atoms with Crippen molar-refractivity contribution in [1.82, 2.24) is 4.90 Å². The summed E-state index contributed by atoms with van der Waals surface area (Å²) in [5.74, 6) is -1.49. The van der Waals surface area contributed by atoms with E-state index >= 15 is 0 Å². The van der Waals surface area contributed by atoms with Crippen LogP contribution in [0.25, 0.3) is 10.8 Å². The van der Waals surface area contributed by atoms with E-state index in [0.29, 0.717) is 18.7 Å². The van der Waals surface area contributed by atoms with Crippen molar-refractivity contribution in [3.63, 3.8) is 0 Å². The van der Waals surface area contributed by atoms with Gasteiger partial charge in [-0.2, -0.15) is 0 Å². The number of aliphatic hydroxyl groups excluding tert-OH is 2. The molecule has 2 aliphatic rings. The van der Waals surface area contributed by atoms with Gasteiger partial charge < -0.3 is 39.4 Å². The molecule has 2 heterocycles. The van der Waals surface area contributed by atoms with Crippen LogP contribution in [0.2, 0.25) is 0 Å². The number of aliphatic hydroxyl groups is 4. The molecule has 0 amide bonds. The van der Waals surface area contributed by atoms with Crippen LogP contribution in [0.3, 0.4) is 0 Å². The Kier molecular flexibility index (Phi) is 15.8. The van der Waals surface area contributed by atoms with Gasteiger partial charge in [-0.15, -0.1) is 0 Å². The second-order valence-electron chi connectivity index (χ2n) is 15.9. The molecule has 1 saturated heterocycles. The lowest BCUT2D eigenvalue weighted by Gasteiger charge is -2.39. The molecule has 2 aromatic rings. The van der Waals surface area contributed by atoms with Crippen LogP contribution >= 0.6 is 0 Å². The van der Waals surface area contributed by atoms with Crippen molar-refractivity contribution in [1.29, 1.82) is 0 Å². The second-order valence-corrected chi connectivity index (χ2v) is 15.9. The summed E-state index contributed by atoms with van der Waals surface area (Å²) in [6.45, 7) is 13.0. The van der Waals surface area contributed by atoms with E-state index in [1.165, 1.54) is 13.8 Å². The number of esters is 2. The van der Waals surface area contributed by atoms with Crippen LogP contribution in [-0.4, -0.2) is 111 Å². The first-order valence-electron chi connectivity index (χ1n) is 19.6. The number of methoxy groups -OCH3 is 1. The molecule has 4 rings (SSSR count). The topological polar surface area (TPSA) is 159 Å². The summed E-state index contributed by atoms with van der Waals surface area (Å²) in [5, 5.41) is 46.6. The first-order chi connectivity index (χ1) is 26.0. The number of ether oxygens (including phenoxy) is 4. The SMILES string of the molecule is CCC(OC)C(C)C1OC1C(N(CCO)Cc1ccc2ccccc2c1)C(C)(O)C=CC=C(C)C1OC(=O)CC(O)CCC(C)(O)C(OC(C)=O)C=CC1C. The van der Waals surface area contributed by atoms with Gasteiger partial charge in [-0.1, -0.05) is 81.5 Å². The monoisotopic (exact) mass is 765 g/mol. The highest BCUT2D eigenvalue weighted by Gasteiger charge is 2.56. The molecule has 0 spiro atoms. The van der Waals surface area contributed by atoms with E-state index in [1.807, 2.05) is 26.0 Å². The smallest absolute Gasteiger partial charge is 0.309 e. The van der Waals surface area contributed by atoms with Gasteiger partial charge in [0.2, 0.25) is 0 Å². The first kappa shape index (κ1) is 44.3. The third kappa shape index (κ3) is 12.0. The van der Waals surface area contributed by atoms with Gasteiger partial charge >= 0.3 is 11.9 Å². The molecule has 0 bridgehead atoms. The summed E-state index contributed by atoms with van der Waals surface area (Å²) in [6, 6.07) is 13.9. The van der Waals surface area contributed by atoms with Crippen molar-refractivity contribution in [2.75, 3.05) is 20.3 Å². The van der Waals surface area contributed by atoms with Gasteiger partial charge in [0.1, 0.15) is 23.9 Å². The van der Waals surface area contributed by atoms with Crippen molar-refractivity contribution >= 4 is 22.7 Å². The number of benzene rings is 2. The summed E-state index contributed by atoms with van der Waals surface area (Å²) < 4.78 is 23.5. The van der Waals surface area contributed by atoms with E-state index in [1.54, 1.807) is 44.4 Å². The number of carbonyl (C=O) groups excluding carboxylic acids is 2. The number of fused-ring (bicyclic) bond motifs is 1. The van der Waals surface area contributed by atoms with Gasteiger partial charge in [0.15, 0.2) is 0 Å². The average Bonchev–Trinajstić information content (AvgIpc) is 3.91. The van der Waals surface area contributed by atoms with Gasteiger partial charge in [0, 0.05) is 39.0 Å². The molecule has 0 aromatic heterocycles. The number of carbonyl (C=O) groups is 2. The van der Waals surface area contributed by atoms with Crippen LogP contribution in [0.5, 0.6) is 0 Å². The minimum atomic E-state index is -1.47. The Morgan fingerprint density at radius 3 is 2.51 bits per heavy atom. The summed E-state index contributed by atoms with van der Waals surface area (Å²) in [6.07, 6.45) is 6.00. The zero-order chi connectivity index (χ0) is 40.5. The van der Waals surface area contributed by atoms with Crippen molar-refractivity contribution < 1.29 is 49.0 Å². The zero-order valence-corrected chi connectivity index (χ0v) is 33.8. The van der Waals surface area contributed by atoms with Crippen LogP contribution in [-0.2, 0) is 35.1 Å². The quantitative estimate of drug-likeness (QED) is 0.0795. The summed E-state index contributed by atoms with van der Waals surface area (Å²) in [4.78, 5) is 27.0. The van der Waals surface area contributed by atoms with Crippen LogP contribution in [0.1, 0.15) is 79.7 Å². The number of allylic oxidation sites excluding steroid dienone is 2. The maximum atomic E-state index is 13.0. The molecule has 304 valence electrons. The lowest BCUT2D eigenvalue weighted by atomic mass is 9.85. The number of hydrogen-bond donors (Lipinski definition) is 4. The highest BCUT2D eigenvalue weighted by molar-refractivity contribution is 5.83. The van der Waals surface area contributed by atoms with E-state index < -0.39 is 53.4 Å². The molecule has 0 saturated carbocycles. The molecule has 2 aromatic carbocycles. The predicted octanol–water partition coefficient (Wildman–Crippen LogP) is 5.42. The molecular formula is C44H63NO10. The minimum absolute atomic E-state index is 0.0188. The van der Waals surface area contributed by atoms with Crippen LogP contribution < -0.4 is 0 Å². The lowest BCUT2D eigenvalue weighted by Crippen LogP contribution is -2.54. The molecule has 2 aliphatic heterocycles. The Balaban J connectivity index is 1.66. The van der Waals surface area contributed by atoms with Crippen molar-refractivity contribution in [2.45, 2.75) is 135 Å². The van der Waals surface area contributed by atoms with Crippen molar-refractivity contribution in [3.05, 3.63) is 84.0 Å². The summed E-state index contributed by atoms with van der Waals surface area (Å²) in [7, 11) is 1.70. The lowest BCUT2D eigenvalue weighted by molar-refractivity contribution is -0.157. The average molecular weight is 766 g/mol. The van der Waals surface area contributed by atoms with E-state index in [2.05, 4.69) is 49.1 Å². The fraction of sp³-hybridized carbons (Fsp3) is 0.591. The number of nitrogens with zero attached hydrogens (tertiary/aromatic N) is 1. The van der Waals surface area contributed by atoms with Crippen molar-refractivity contribution in [2.24, 2.45) is 11.8 Å². The molecule has 0 radical (unpaired) electrons. The van der Waals surface area contributed by atoms with Crippen LogP contribution in [0, 0.1) is 11.8 Å². The fourth-order valence-electron chi connectivity index (χ4n) is 7.92. The van der Waals surface area contributed by atoms with E-state index in [-0.39, 0.29) is 50.1 Å². The fourth-order valence-corrected chi connectivity index (χ4v) is 7.92. The van der Waals surface area contributed by atoms with Crippen molar-refractivity contribution in [3.8, 4) is 0 Å². The Bertz CT molecular complexity index is 1660. The van der Waals surface area contributed by atoms with Crippen LogP contribution in [0.4, 0.5) is 0 Å². The summed E-state index contributed by atoms with van der Waals surface area (Å²) in [5.41, 5.74) is -1.22. The third-order valence-corrected chi connectivity index (χ3v) is 11.1. The van der Waals surface area contributed by atoms with Gasteiger partial charge in [-0.05, 0) is 74.1 Å². The van der Waals surface area contributed by atoms with E-state index in [9.17, 15) is 30.0 Å². The van der Waals surface area contributed by atoms with Gasteiger partial charge in [0.25, 0.3) is 0 Å². The molecule has 0 aliphatic carbocycles. The normalized spacial score (nSPS) is 29.5. The Morgan fingerprint density at radius 1 is 1.15 bits per heavy atom. The minimum Gasteiger partial charge on any atom is -0.457 e. The third-order valence-electron chi connectivity index (χ3n) is 11.1. The number of rotatable bonds is 15. The maximum absolute atomic E-state index is 13.0. The van der Waals surface area contributed by atoms with Gasteiger partial charge in [-0.25, -0.2) is 0 Å². The molecule has 55 heavy (non-hydrogen) atoms. The highest BCUT2D eigenvalue weighted by atomic mass is 16.6. The van der Waals surface area contributed by atoms with E-state index in [0.717, 1.165) is 22.8 Å². The van der Waals surface area contributed by atoms with Gasteiger partial charge in [0.05, 0.1) is 43.0 Å². The van der Waals surface area contributed by atoms with Crippen LogP contribution in [0.15, 0.2) is 78.4 Å². The van der Waals surface area contributed by atoms with E-state index in [4.69, 9.17) is 18.9 Å². The number of epoxide rings is 1. The molecular weight excluding hydrogens is 702 g/mol.